The monoisotopic (exact) mass is 274 g/mol. The lowest BCUT2D eigenvalue weighted by Crippen LogP contribution is -2.05. The number of hydrogen-bond acceptors (Lipinski definition) is 4. The molecule has 2 aromatic rings. The highest BCUT2D eigenvalue weighted by molar-refractivity contribution is 7.98. The molecule has 0 aliphatic rings. The summed E-state index contributed by atoms with van der Waals surface area (Å²) in [5.74, 6) is 0.286. The van der Waals surface area contributed by atoms with E-state index in [1.165, 1.54) is 11.8 Å². The Morgan fingerprint density at radius 3 is 2.79 bits per heavy atom. The van der Waals surface area contributed by atoms with E-state index in [4.69, 9.17) is 5.11 Å². The average molecular weight is 274 g/mol. The lowest BCUT2D eigenvalue weighted by atomic mass is 10.2. The number of carboxylic acid groups (broad SMARTS) is 1. The molecule has 0 spiro atoms. The van der Waals surface area contributed by atoms with E-state index in [1.807, 2.05) is 25.1 Å². The average Bonchev–Trinajstić information content (AvgIpc) is 2.36. The van der Waals surface area contributed by atoms with Gasteiger partial charge in [0.1, 0.15) is 5.82 Å². The number of thioether (sulfide) groups is 1. The van der Waals surface area contributed by atoms with Gasteiger partial charge in [-0.1, -0.05) is 17.7 Å². The molecule has 1 heterocycles. The molecule has 0 saturated heterocycles. The van der Waals surface area contributed by atoms with Crippen LogP contribution in [0.4, 0.5) is 0 Å². The van der Waals surface area contributed by atoms with Crippen LogP contribution < -0.4 is 0 Å². The van der Waals surface area contributed by atoms with E-state index < -0.39 is 5.97 Å². The molecular formula is C14H14N2O2S. The summed E-state index contributed by atoms with van der Waals surface area (Å²) in [5, 5.41) is 8.91. The molecule has 0 radical (unpaired) electrons. The van der Waals surface area contributed by atoms with Crippen LogP contribution in [0.2, 0.25) is 0 Å². The zero-order valence-corrected chi connectivity index (χ0v) is 11.6. The number of benzene rings is 1. The van der Waals surface area contributed by atoms with Crippen molar-refractivity contribution in [3.63, 3.8) is 0 Å². The third kappa shape index (κ3) is 3.54. The van der Waals surface area contributed by atoms with Gasteiger partial charge in [-0.2, -0.15) is 0 Å². The van der Waals surface area contributed by atoms with Crippen LogP contribution in [-0.2, 0) is 5.75 Å². The van der Waals surface area contributed by atoms with Crippen LogP contribution in [0.15, 0.2) is 35.4 Å². The predicted octanol–water partition coefficient (Wildman–Crippen LogP) is 3.08. The van der Waals surface area contributed by atoms with Gasteiger partial charge in [0.05, 0.1) is 17.0 Å². The van der Waals surface area contributed by atoms with E-state index in [9.17, 15) is 4.79 Å². The van der Waals surface area contributed by atoms with Crippen molar-refractivity contribution in [1.29, 1.82) is 0 Å². The minimum Gasteiger partial charge on any atom is -0.478 e. The van der Waals surface area contributed by atoms with Crippen molar-refractivity contribution in [2.75, 3.05) is 0 Å². The van der Waals surface area contributed by atoms with Crippen LogP contribution in [0, 0.1) is 13.8 Å². The molecule has 0 amide bonds. The van der Waals surface area contributed by atoms with Crippen molar-refractivity contribution < 1.29 is 9.90 Å². The van der Waals surface area contributed by atoms with Crippen LogP contribution >= 0.6 is 11.8 Å². The molecule has 0 aliphatic heterocycles. The molecule has 0 unspecified atom stereocenters. The largest absolute Gasteiger partial charge is 0.478 e. The summed E-state index contributed by atoms with van der Waals surface area (Å²) in [5.41, 5.74) is 1.87. The van der Waals surface area contributed by atoms with Gasteiger partial charge in [-0.3, -0.25) is 0 Å². The van der Waals surface area contributed by atoms with Crippen molar-refractivity contribution in [1.82, 2.24) is 9.97 Å². The Balaban J connectivity index is 2.08. The van der Waals surface area contributed by atoms with Gasteiger partial charge in [0, 0.05) is 11.1 Å². The summed E-state index contributed by atoms with van der Waals surface area (Å²) >= 11 is 1.64. The predicted molar refractivity (Wildman–Crippen MR) is 74.5 cm³/mol. The molecule has 4 nitrogen and oxygen atoms in total. The number of aryl methyl sites for hydroxylation is 2. The molecule has 5 heteroatoms. The van der Waals surface area contributed by atoms with Gasteiger partial charge in [-0.05, 0) is 26.0 Å². The van der Waals surface area contributed by atoms with Crippen molar-refractivity contribution in [2.24, 2.45) is 0 Å². The second kappa shape index (κ2) is 5.84. The number of nitrogens with zero attached hydrogens (tertiary/aromatic N) is 2. The molecule has 0 atom stereocenters. The van der Waals surface area contributed by atoms with Crippen LogP contribution in [-0.4, -0.2) is 21.0 Å². The number of carboxylic acids is 1. The van der Waals surface area contributed by atoms with Gasteiger partial charge in [-0.15, -0.1) is 11.8 Å². The fourth-order valence-corrected chi connectivity index (χ4v) is 2.53. The highest BCUT2D eigenvalue weighted by atomic mass is 32.2. The molecule has 19 heavy (non-hydrogen) atoms. The first kappa shape index (κ1) is 13.5. The zero-order valence-electron chi connectivity index (χ0n) is 10.8. The molecule has 0 fully saturated rings. The van der Waals surface area contributed by atoms with Gasteiger partial charge < -0.3 is 5.11 Å². The summed E-state index contributed by atoms with van der Waals surface area (Å²) in [7, 11) is 0. The van der Waals surface area contributed by atoms with E-state index in [0.29, 0.717) is 17.3 Å². The summed E-state index contributed by atoms with van der Waals surface area (Å²) in [6, 6.07) is 8.20. The Morgan fingerprint density at radius 1 is 1.37 bits per heavy atom. The second-order valence-electron chi connectivity index (χ2n) is 4.20. The standard InChI is InChI=1S/C14H14N2O2S/c1-9-4-3-5-11(6-9)19-8-13-15-7-12(14(17)18)10(2)16-13/h3-7H,8H2,1-2H3,(H,17,18). The number of aromatic carboxylic acids is 1. The Bertz CT molecular complexity index is 614. The molecule has 0 bridgehead atoms. The molecule has 1 N–H and O–H groups in total. The number of aromatic nitrogens is 2. The molecule has 98 valence electrons. The van der Waals surface area contributed by atoms with Crippen molar-refractivity contribution in [3.05, 3.63) is 53.1 Å². The Hall–Kier alpha value is -1.88. The Labute approximate surface area is 115 Å². The number of carbonyl (C=O) groups is 1. The smallest absolute Gasteiger partial charge is 0.339 e. The first-order chi connectivity index (χ1) is 9.06. The van der Waals surface area contributed by atoms with Crippen LogP contribution in [0.5, 0.6) is 0 Å². The van der Waals surface area contributed by atoms with Gasteiger partial charge in [-0.25, -0.2) is 14.8 Å². The van der Waals surface area contributed by atoms with Crippen molar-refractivity contribution in [3.8, 4) is 0 Å². The second-order valence-corrected chi connectivity index (χ2v) is 5.24. The zero-order chi connectivity index (χ0) is 13.8. The van der Waals surface area contributed by atoms with Gasteiger partial charge in [0.15, 0.2) is 0 Å². The summed E-state index contributed by atoms with van der Waals surface area (Å²) in [6.45, 7) is 3.73. The fraction of sp³-hybridized carbons (Fsp3) is 0.214. The summed E-state index contributed by atoms with van der Waals surface area (Å²) in [4.78, 5) is 20.3. The van der Waals surface area contributed by atoms with E-state index >= 15 is 0 Å². The summed E-state index contributed by atoms with van der Waals surface area (Å²) < 4.78 is 0. The maximum absolute atomic E-state index is 10.9. The lowest BCUT2D eigenvalue weighted by molar-refractivity contribution is 0.0695. The lowest BCUT2D eigenvalue weighted by Gasteiger charge is -2.04. The third-order valence-electron chi connectivity index (χ3n) is 2.62. The van der Waals surface area contributed by atoms with Gasteiger partial charge >= 0.3 is 5.97 Å². The van der Waals surface area contributed by atoms with Gasteiger partial charge in [0.25, 0.3) is 0 Å². The van der Waals surface area contributed by atoms with E-state index in [1.54, 1.807) is 18.7 Å². The minimum absolute atomic E-state index is 0.157. The highest BCUT2D eigenvalue weighted by Crippen LogP contribution is 2.22. The topological polar surface area (TPSA) is 63.1 Å². The van der Waals surface area contributed by atoms with Crippen LogP contribution in [0.25, 0.3) is 0 Å². The third-order valence-corrected chi connectivity index (χ3v) is 3.61. The van der Waals surface area contributed by atoms with E-state index in [0.717, 1.165) is 4.90 Å². The van der Waals surface area contributed by atoms with E-state index in [2.05, 4.69) is 16.0 Å². The normalized spacial score (nSPS) is 10.4. The Morgan fingerprint density at radius 2 is 2.16 bits per heavy atom. The first-order valence-electron chi connectivity index (χ1n) is 5.81. The number of rotatable bonds is 4. The molecule has 0 aliphatic carbocycles. The molecule has 2 rings (SSSR count). The SMILES string of the molecule is Cc1cccc(SCc2ncc(C(=O)O)c(C)n2)c1. The van der Waals surface area contributed by atoms with Crippen LogP contribution in [0.1, 0.15) is 27.4 Å². The molecule has 0 saturated carbocycles. The van der Waals surface area contributed by atoms with E-state index in [-0.39, 0.29) is 5.56 Å². The summed E-state index contributed by atoms with van der Waals surface area (Å²) in [6.07, 6.45) is 1.37. The fourth-order valence-electron chi connectivity index (χ4n) is 1.65. The minimum atomic E-state index is -0.990. The molecule has 1 aromatic carbocycles. The van der Waals surface area contributed by atoms with Crippen molar-refractivity contribution in [2.45, 2.75) is 24.5 Å². The number of hydrogen-bond donors (Lipinski definition) is 1. The highest BCUT2D eigenvalue weighted by Gasteiger charge is 2.09. The van der Waals surface area contributed by atoms with Gasteiger partial charge in [0.2, 0.25) is 0 Å². The maximum Gasteiger partial charge on any atom is 0.339 e. The molecular weight excluding hydrogens is 260 g/mol. The first-order valence-corrected chi connectivity index (χ1v) is 6.80. The van der Waals surface area contributed by atoms with Crippen molar-refractivity contribution >= 4 is 17.7 Å². The maximum atomic E-state index is 10.9. The Kier molecular flexibility index (Phi) is 4.16. The van der Waals surface area contributed by atoms with Crippen LogP contribution in [0.3, 0.4) is 0 Å². The molecule has 1 aromatic heterocycles. The quantitative estimate of drug-likeness (QED) is 0.868.